The number of hydrogen-bond donors (Lipinski definition) is 1. The molecule has 4 atom stereocenters. The molecule has 6 heteroatoms. The molecule has 4 rings (SSSR count). The van der Waals surface area contributed by atoms with Crippen molar-refractivity contribution < 1.29 is 19.1 Å². The average molecular weight is 384 g/mol. The molecule has 28 heavy (non-hydrogen) atoms. The van der Waals surface area contributed by atoms with Crippen molar-refractivity contribution in [1.29, 1.82) is 0 Å². The number of ether oxygens (including phenoxy) is 2. The molecule has 0 aliphatic carbocycles. The van der Waals surface area contributed by atoms with Crippen LogP contribution < -0.4 is 5.32 Å². The lowest BCUT2D eigenvalue weighted by Crippen LogP contribution is -2.53. The van der Waals surface area contributed by atoms with E-state index in [1.165, 1.54) is 14.2 Å². The highest BCUT2D eigenvalue weighted by molar-refractivity contribution is 6.07. The van der Waals surface area contributed by atoms with Gasteiger partial charge in [0.05, 0.1) is 19.6 Å². The van der Waals surface area contributed by atoms with Crippen LogP contribution >= 0.6 is 0 Å². The second-order valence-electron chi connectivity index (χ2n) is 8.03. The highest BCUT2D eigenvalue weighted by atomic mass is 16.6. The van der Waals surface area contributed by atoms with Crippen molar-refractivity contribution in [2.75, 3.05) is 32.6 Å². The first-order valence-electron chi connectivity index (χ1n) is 10.0. The number of benzene rings is 1. The first-order valence-corrected chi connectivity index (χ1v) is 10.0. The number of fused-ring (bicyclic) bond motifs is 4. The number of nitrogens with one attached hydrogen (secondary N) is 1. The van der Waals surface area contributed by atoms with Crippen LogP contribution in [0.1, 0.15) is 31.7 Å². The molecule has 3 aliphatic rings. The fourth-order valence-corrected chi connectivity index (χ4v) is 5.48. The summed E-state index contributed by atoms with van der Waals surface area (Å²) in [7, 11) is 2.86. The van der Waals surface area contributed by atoms with Crippen LogP contribution in [0.3, 0.4) is 0 Å². The van der Waals surface area contributed by atoms with E-state index in [4.69, 9.17) is 9.47 Å². The van der Waals surface area contributed by atoms with Gasteiger partial charge in [0.2, 0.25) is 11.7 Å². The quantitative estimate of drug-likeness (QED) is 0.491. The van der Waals surface area contributed by atoms with Crippen molar-refractivity contribution in [1.82, 2.24) is 4.90 Å². The van der Waals surface area contributed by atoms with Gasteiger partial charge in [-0.2, -0.15) is 0 Å². The predicted octanol–water partition coefficient (Wildman–Crippen LogP) is 2.70. The maximum atomic E-state index is 13.1. The number of carbonyl (C=O) groups excluding carboxylic acids is 2. The van der Waals surface area contributed by atoms with Crippen LogP contribution in [-0.4, -0.2) is 50.1 Å². The number of esters is 1. The van der Waals surface area contributed by atoms with E-state index in [1.807, 2.05) is 24.3 Å². The lowest BCUT2D eigenvalue weighted by atomic mass is 9.69. The third-order valence-corrected chi connectivity index (χ3v) is 6.93. The van der Waals surface area contributed by atoms with Crippen LogP contribution in [0.5, 0.6) is 0 Å². The molecule has 1 N–H and O–H groups in total. The molecule has 1 amide bonds. The SMILES string of the molecule is CC[C@H]1CN2CC[C@@]3(C(=O)Nc4ccccc43)[C@@H]2C[C@@H]1/C=C(\OC)C(=O)OC. The summed E-state index contributed by atoms with van der Waals surface area (Å²) in [4.78, 5) is 27.6. The zero-order chi connectivity index (χ0) is 19.9. The summed E-state index contributed by atoms with van der Waals surface area (Å²) < 4.78 is 10.1. The second kappa shape index (κ2) is 7.24. The summed E-state index contributed by atoms with van der Waals surface area (Å²) in [6, 6.07) is 8.17. The molecular weight excluding hydrogens is 356 g/mol. The molecule has 1 aromatic rings. The maximum Gasteiger partial charge on any atom is 0.372 e. The van der Waals surface area contributed by atoms with E-state index in [-0.39, 0.29) is 23.6 Å². The standard InChI is InChI=1S/C22H28N2O4/c1-4-14-13-24-10-9-22(16-7-5-6-8-17(16)23-21(22)26)19(24)12-15(14)11-18(27-2)20(25)28-3/h5-8,11,14-15,19H,4,9-10,12-13H2,1-3H3,(H,23,26)/b18-11-/t14-,15-,19-,22-/m0/s1. The van der Waals surface area contributed by atoms with Crippen LogP contribution in [0.25, 0.3) is 0 Å². The van der Waals surface area contributed by atoms with E-state index in [1.54, 1.807) is 0 Å². The largest absolute Gasteiger partial charge is 0.490 e. The Hall–Kier alpha value is -2.34. The molecule has 3 aliphatic heterocycles. The highest BCUT2D eigenvalue weighted by Crippen LogP contribution is 2.52. The second-order valence-corrected chi connectivity index (χ2v) is 8.03. The summed E-state index contributed by atoms with van der Waals surface area (Å²) in [5, 5.41) is 3.10. The van der Waals surface area contributed by atoms with Crippen LogP contribution in [-0.2, 0) is 24.5 Å². The number of piperidine rings is 1. The molecule has 6 nitrogen and oxygen atoms in total. The smallest absolute Gasteiger partial charge is 0.372 e. The van der Waals surface area contributed by atoms with Gasteiger partial charge in [-0.25, -0.2) is 4.79 Å². The van der Waals surface area contributed by atoms with E-state index >= 15 is 0 Å². The van der Waals surface area contributed by atoms with Gasteiger partial charge in [-0.05, 0) is 48.9 Å². The van der Waals surface area contributed by atoms with E-state index < -0.39 is 11.4 Å². The van der Waals surface area contributed by atoms with E-state index in [0.29, 0.717) is 5.92 Å². The lowest BCUT2D eigenvalue weighted by molar-refractivity contribution is -0.139. The number of carbonyl (C=O) groups is 2. The molecule has 3 heterocycles. The number of amides is 1. The maximum absolute atomic E-state index is 13.1. The molecule has 0 unspecified atom stereocenters. The normalized spacial score (nSPS) is 32.0. The molecule has 1 spiro atoms. The van der Waals surface area contributed by atoms with Gasteiger partial charge in [-0.1, -0.05) is 31.5 Å². The van der Waals surface area contributed by atoms with Gasteiger partial charge in [-0.3, -0.25) is 9.69 Å². The summed E-state index contributed by atoms with van der Waals surface area (Å²) in [6.07, 6.45) is 4.59. The van der Waals surface area contributed by atoms with Crippen molar-refractivity contribution in [2.45, 2.75) is 37.6 Å². The Kier molecular flexibility index (Phi) is 4.91. The van der Waals surface area contributed by atoms with Gasteiger partial charge >= 0.3 is 5.97 Å². The van der Waals surface area contributed by atoms with Gasteiger partial charge in [-0.15, -0.1) is 0 Å². The Balaban J connectivity index is 1.70. The zero-order valence-electron chi connectivity index (χ0n) is 16.7. The number of hydrogen-bond acceptors (Lipinski definition) is 5. The van der Waals surface area contributed by atoms with Gasteiger partial charge in [0, 0.05) is 18.3 Å². The predicted molar refractivity (Wildman–Crippen MR) is 106 cm³/mol. The zero-order valence-corrected chi connectivity index (χ0v) is 16.7. The Morgan fingerprint density at radius 3 is 2.82 bits per heavy atom. The molecule has 1 aromatic carbocycles. The number of allylic oxidation sites excluding steroid dienone is 1. The van der Waals surface area contributed by atoms with Gasteiger partial charge in [0.1, 0.15) is 0 Å². The van der Waals surface area contributed by atoms with Crippen molar-refractivity contribution in [3.8, 4) is 0 Å². The highest BCUT2D eigenvalue weighted by Gasteiger charge is 2.59. The molecule has 2 fully saturated rings. The van der Waals surface area contributed by atoms with Crippen molar-refractivity contribution in [2.24, 2.45) is 11.8 Å². The summed E-state index contributed by atoms with van der Waals surface area (Å²) in [6.45, 7) is 4.03. The minimum Gasteiger partial charge on any atom is -0.490 e. The van der Waals surface area contributed by atoms with E-state index in [9.17, 15) is 9.59 Å². The minimum atomic E-state index is -0.500. The van der Waals surface area contributed by atoms with E-state index in [0.717, 1.165) is 43.6 Å². The Morgan fingerprint density at radius 1 is 1.32 bits per heavy atom. The number of nitrogens with zero attached hydrogens (tertiary/aromatic N) is 1. The van der Waals surface area contributed by atoms with Crippen LogP contribution in [0.15, 0.2) is 36.1 Å². The molecule has 0 radical (unpaired) electrons. The number of rotatable bonds is 4. The first-order chi connectivity index (χ1) is 13.5. The molecule has 0 bridgehead atoms. The fourth-order valence-electron chi connectivity index (χ4n) is 5.48. The lowest BCUT2D eigenvalue weighted by Gasteiger charge is -2.44. The number of anilines is 1. The number of para-hydroxylation sites is 1. The van der Waals surface area contributed by atoms with Crippen LogP contribution in [0, 0.1) is 11.8 Å². The van der Waals surface area contributed by atoms with Gasteiger partial charge in [0.25, 0.3) is 0 Å². The summed E-state index contributed by atoms with van der Waals surface area (Å²) in [5.74, 6) is 0.489. The molecule has 150 valence electrons. The van der Waals surface area contributed by atoms with Crippen LogP contribution in [0.2, 0.25) is 0 Å². The minimum absolute atomic E-state index is 0.110. The van der Waals surface area contributed by atoms with Crippen molar-refractivity contribution in [3.63, 3.8) is 0 Å². The summed E-state index contributed by atoms with van der Waals surface area (Å²) in [5.41, 5.74) is 1.55. The monoisotopic (exact) mass is 384 g/mol. The Morgan fingerprint density at radius 2 is 2.11 bits per heavy atom. The fraction of sp³-hybridized carbons (Fsp3) is 0.545. The molecule has 0 saturated carbocycles. The molecular formula is C22H28N2O4. The molecule has 2 saturated heterocycles. The van der Waals surface area contributed by atoms with Gasteiger partial charge in [0.15, 0.2) is 0 Å². The summed E-state index contributed by atoms with van der Waals surface area (Å²) >= 11 is 0. The van der Waals surface area contributed by atoms with Crippen molar-refractivity contribution >= 4 is 17.6 Å². The van der Waals surface area contributed by atoms with Crippen molar-refractivity contribution in [3.05, 3.63) is 41.7 Å². The number of methoxy groups -OCH3 is 2. The molecule has 0 aromatic heterocycles. The van der Waals surface area contributed by atoms with Gasteiger partial charge < -0.3 is 14.8 Å². The van der Waals surface area contributed by atoms with E-state index in [2.05, 4.69) is 23.2 Å². The average Bonchev–Trinajstić information content (AvgIpc) is 3.23. The first kappa shape index (κ1) is 19.0. The topological polar surface area (TPSA) is 67.9 Å². The van der Waals surface area contributed by atoms with Crippen LogP contribution in [0.4, 0.5) is 5.69 Å². The third-order valence-electron chi connectivity index (χ3n) is 6.93. The Bertz CT molecular complexity index is 821. The third kappa shape index (κ3) is 2.73. The Labute approximate surface area is 165 Å².